The average molecular weight is 250 g/mol. The molecule has 0 aromatic carbocycles. The Morgan fingerprint density at radius 1 is 1.56 bits per heavy atom. The minimum Gasteiger partial charge on any atom is -0.376 e. The highest BCUT2D eigenvalue weighted by Crippen LogP contribution is 2.26. The van der Waals surface area contributed by atoms with Gasteiger partial charge in [-0.05, 0) is 19.4 Å². The van der Waals surface area contributed by atoms with E-state index in [0.29, 0.717) is 18.7 Å². The predicted molar refractivity (Wildman–Crippen MR) is 74.6 cm³/mol. The summed E-state index contributed by atoms with van der Waals surface area (Å²) in [5.41, 5.74) is 6.77. The van der Waals surface area contributed by atoms with Crippen molar-refractivity contribution >= 4 is 17.3 Å². The number of nitrogens with two attached hydrogens (primary N) is 1. The fourth-order valence-corrected chi connectivity index (χ4v) is 1.54. The highest BCUT2D eigenvalue weighted by atomic mass is 16.2. The van der Waals surface area contributed by atoms with E-state index in [9.17, 15) is 4.79 Å². The minimum absolute atomic E-state index is 0.0661. The van der Waals surface area contributed by atoms with E-state index < -0.39 is 5.41 Å². The Bertz CT molecular complexity index is 413. The summed E-state index contributed by atoms with van der Waals surface area (Å²) in [5.74, 6) is -0.0661. The first-order valence-electron chi connectivity index (χ1n) is 6.07. The molecule has 0 saturated carbocycles. The van der Waals surface area contributed by atoms with E-state index in [-0.39, 0.29) is 5.91 Å². The van der Waals surface area contributed by atoms with E-state index in [1.807, 2.05) is 38.9 Å². The number of nitrogens with one attached hydrogen (secondary N) is 1. The third-order valence-corrected chi connectivity index (χ3v) is 3.31. The van der Waals surface area contributed by atoms with Crippen LogP contribution in [0.4, 0.5) is 11.4 Å². The van der Waals surface area contributed by atoms with E-state index in [0.717, 1.165) is 5.69 Å². The normalized spacial score (nSPS) is 13.8. The molecule has 1 atom stereocenters. The summed E-state index contributed by atoms with van der Waals surface area (Å²) in [5, 5.41) is 2.91. The molecule has 100 valence electrons. The molecule has 0 fully saturated rings. The molecule has 0 aliphatic carbocycles. The van der Waals surface area contributed by atoms with E-state index in [1.165, 1.54) is 0 Å². The molecule has 18 heavy (non-hydrogen) atoms. The Labute approximate surface area is 108 Å². The Morgan fingerprint density at radius 2 is 2.22 bits per heavy atom. The molecule has 3 N–H and O–H groups in total. The smallest absolute Gasteiger partial charge is 0.231 e. The summed E-state index contributed by atoms with van der Waals surface area (Å²) in [6, 6.07) is 1.86. The molecule has 1 amide bonds. The lowest BCUT2D eigenvalue weighted by molar-refractivity contribution is -0.124. The van der Waals surface area contributed by atoms with Gasteiger partial charge in [0.1, 0.15) is 0 Å². The molecule has 0 aliphatic heterocycles. The van der Waals surface area contributed by atoms with Gasteiger partial charge in [0.2, 0.25) is 5.91 Å². The van der Waals surface area contributed by atoms with Gasteiger partial charge in [0, 0.05) is 26.8 Å². The quantitative estimate of drug-likeness (QED) is 0.830. The maximum absolute atomic E-state index is 12.2. The molecule has 0 bridgehead atoms. The maximum atomic E-state index is 12.2. The number of pyridine rings is 1. The minimum atomic E-state index is -0.542. The molecule has 5 heteroatoms. The van der Waals surface area contributed by atoms with Crippen LogP contribution in [0.5, 0.6) is 0 Å². The molecular weight excluding hydrogens is 228 g/mol. The molecule has 0 aliphatic rings. The third kappa shape index (κ3) is 2.98. The van der Waals surface area contributed by atoms with Crippen LogP contribution >= 0.6 is 0 Å². The van der Waals surface area contributed by atoms with Gasteiger partial charge in [-0.3, -0.25) is 9.78 Å². The number of carbonyl (C=O) groups excluding carboxylic acids is 1. The van der Waals surface area contributed by atoms with Crippen LogP contribution in [0.1, 0.15) is 20.3 Å². The van der Waals surface area contributed by atoms with Crippen LogP contribution in [0.2, 0.25) is 0 Å². The van der Waals surface area contributed by atoms with Crippen molar-refractivity contribution in [3.8, 4) is 0 Å². The van der Waals surface area contributed by atoms with Gasteiger partial charge in [-0.15, -0.1) is 0 Å². The van der Waals surface area contributed by atoms with Crippen molar-refractivity contribution in [2.45, 2.75) is 20.3 Å². The van der Waals surface area contributed by atoms with Crippen LogP contribution in [0, 0.1) is 5.41 Å². The van der Waals surface area contributed by atoms with Gasteiger partial charge in [-0.2, -0.15) is 0 Å². The lowest BCUT2D eigenvalue weighted by atomic mass is 9.86. The fourth-order valence-electron chi connectivity index (χ4n) is 1.54. The van der Waals surface area contributed by atoms with Crippen molar-refractivity contribution in [3.63, 3.8) is 0 Å². The lowest BCUT2D eigenvalue weighted by Crippen LogP contribution is -2.39. The van der Waals surface area contributed by atoms with Gasteiger partial charge < -0.3 is 16.0 Å². The second kappa shape index (κ2) is 5.82. The summed E-state index contributed by atoms with van der Waals surface area (Å²) in [4.78, 5) is 18.2. The number of hydrogen-bond donors (Lipinski definition) is 2. The van der Waals surface area contributed by atoms with Gasteiger partial charge in [0.25, 0.3) is 0 Å². The number of amides is 1. The largest absolute Gasteiger partial charge is 0.376 e. The van der Waals surface area contributed by atoms with Gasteiger partial charge in [-0.25, -0.2) is 0 Å². The SMILES string of the molecule is CCC(C)(CN)C(=O)Nc1cnccc1N(C)C. The van der Waals surface area contributed by atoms with Crippen molar-refractivity contribution in [2.75, 3.05) is 30.9 Å². The molecular formula is C13H22N4O. The lowest BCUT2D eigenvalue weighted by Gasteiger charge is -2.26. The molecule has 0 spiro atoms. The number of hydrogen-bond acceptors (Lipinski definition) is 4. The monoisotopic (exact) mass is 250 g/mol. The molecule has 1 unspecified atom stereocenters. The van der Waals surface area contributed by atoms with Gasteiger partial charge >= 0.3 is 0 Å². The van der Waals surface area contributed by atoms with Crippen molar-refractivity contribution in [3.05, 3.63) is 18.5 Å². The zero-order valence-electron chi connectivity index (χ0n) is 11.5. The topological polar surface area (TPSA) is 71.2 Å². The van der Waals surface area contributed by atoms with Crippen LogP contribution < -0.4 is 16.0 Å². The maximum Gasteiger partial charge on any atom is 0.231 e. The number of aromatic nitrogens is 1. The number of rotatable bonds is 5. The average Bonchev–Trinajstić information content (AvgIpc) is 2.38. The summed E-state index contributed by atoms with van der Waals surface area (Å²) in [6.07, 6.45) is 4.06. The first kappa shape index (κ1) is 14.4. The molecule has 1 rings (SSSR count). The zero-order chi connectivity index (χ0) is 13.8. The van der Waals surface area contributed by atoms with Gasteiger partial charge in [0.05, 0.1) is 23.0 Å². The first-order valence-corrected chi connectivity index (χ1v) is 6.07. The van der Waals surface area contributed by atoms with E-state index in [2.05, 4.69) is 10.3 Å². The van der Waals surface area contributed by atoms with E-state index in [4.69, 9.17) is 5.73 Å². The van der Waals surface area contributed by atoms with Crippen molar-refractivity contribution in [2.24, 2.45) is 11.1 Å². The van der Waals surface area contributed by atoms with Gasteiger partial charge in [0.15, 0.2) is 0 Å². The third-order valence-electron chi connectivity index (χ3n) is 3.31. The Hall–Kier alpha value is -1.62. The van der Waals surface area contributed by atoms with E-state index >= 15 is 0 Å². The van der Waals surface area contributed by atoms with Crippen molar-refractivity contribution in [1.29, 1.82) is 0 Å². The summed E-state index contributed by atoms with van der Waals surface area (Å²) in [6.45, 7) is 4.16. The first-order chi connectivity index (χ1) is 8.44. The number of carbonyl (C=O) groups is 1. The highest BCUT2D eigenvalue weighted by Gasteiger charge is 2.30. The summed E-state index contributed by atoms with van der Waals surface area (Å²) < 4.78 is 0. The molecule has 0 saturated heterocycles. The summed E-state index contributed by atoms with van der Waals surface area (Å²) in [7, 11) is 3.85. The summed E-state index contributed by atoms with van der Waals surface area (Å²) >= 11 is 0. The van der Waals surface area contributed by atoms with Crippen LogP contribution in [-0.4, -0.2) is 31.5 Å². The molecule has 1 aromatic heterocycles. The number of nitrogens with zero attached hydrogens (tertiary/aromatic N) is 2. The highest BCUT2D eigenvalue weighted by molar-refractivity contribution is 5.97. The van der Waals surface area contributed by atoms with Crippen molar-refractivity contribution < 1.29 is 4.79 Å². The Balaban J connectivity index is 2.95. The predicted octanol–water partition coefficient (Wildman–Crippen LogP) is 1.46. The molecule has 1 aromatic rings. The molecule has 0 radical (unpaired) electrons. The van der Waals surface area contributed by atoms with Crippen LogP contribution in [0.3, 0.4) is 0 Å². The Morgan fingerprint density at radius 3 is 2.72 bits per heavy atom. The molecule has 5 nitrogen and oxygen atoms in total. The van der Waals surface area contributed by atoms with Crippen LogP contribution in [0.15, 0.2) is 18.5 Å². The standard InChI is InChI=1S/C13H22N4O/c1-5-13(2,9-14)12(18)16-10-8-15-7-6-11(10)17(3)4/h6-8H,5,9,14H2,1-4H3,(H,16,18). The van der Waals surface area contributed by atoms with Crippen LogP contribution in [0.25, 0.3) is 0 Å². The van der Waals surface area contributed by atoms with Gasteiger partial charge in [-0.1, -0.05) is 6.92 Å². The second-order valence-electron chi connectivity index (χ2n) is 4.86. The Kier molecular flexibility index (Phi) is 4.67. The fraction of sp³-hybridized carbons (Fsp3) is 0.538. The second-order valence-corrected chi connectivity index (χ2v) is 4.86. The van der Waals surface area contributed by atoms with Crippen LogP contribution in [-0.2, 0) is 4.79 Å². The molecule has 1 heterocycles. The zero-order valence-corrected chi connectivity index (χ0v) is 11.5. The van der Waals surface area contributed by atoms with Crippen molar-refractivity contribution in [1.82, 2.24) is 4.98 Å². The number of anilines is 2. The van der Waals surface area contributed by atoms with E-state index in [1.54, 1.807) is 12.4 Å².